The molecule has 2 heteroatoms. The van der Waals surface area contributed by atoms with Crippen molar-refractivity contribution in [2.45, 2.75) is 11.5 Å². The predicted molar refractivity (Wildman–Crippen MR) is 214 cm³/mol. The minimum Gasteiger partial charge on any atom is -0.399 e. The third-order valence-electron chi connectivity index (χ3n) is 10.3. The summed E-state index contributed by atoms with van der Waals surface area (Å²) in [6, 6.07) is 69.7. The molecule has 0 radical (unpaired) electrons. The summed E-state index contributed by atoms with van der Waals surface area (Å²) in [4.78, 5) is 2.39. The molecule has 2 nitrogen and oxygen atoms in total. The van der Waals surface area contributed by atoms with Crippen molar-refractivity contribution in [3.8, 4) is 11.1 Å². The molecule has 2 N–H and O–H groups in total. The van der Waals surface area contributed by atoms with Gasteiger partial charge in [-0.1, -0.05) is 182 Å². The van der Waals surface area contributed by atoms with Gasteiger partial charge < -0.3 is 10.6 Å². The Morgan fingerprint density at radius 1 is 0.431 bits per heavy atom. The third kappa shape index (κ3) is 6.06. The maximum Gasteiger partial charge on any atom is 0.0732 e. The van der Waals surface area contributed by atoms with Gasteiger partial charge in [-0.15, -0.1) is 0 Å². The van der Waals surface area contributed by atoms with Gasteiger partial charge in [0, 0.05) is 18.4 Å². The van der Waals surface area contributed by atoms with Gasteiger partial charge in [-0.2, -0.15) is 0 Å². The summed E-state index contributed by atoms with van der Waals surface area (Å²) in [7, 11) is 2.20. The quantitative estimate of drug-likeness (QED) is 0.130. The standard InChI is InChI=1S/C49H40N2/c1-51-47(39-14-6-2-7-15-39)34-41(35-48(51)40-24-22-36(23-25-40)37-28-32-46(50)33-29-37)38-26-30-45(31-27-38)49(42-16-8-3-9-17-42,43-18-10-4-11-19-43)44-20-12-5-13-21-44/h2-35,48H,50H2,1H3. The average molecular weight is 657 g/mol. The van der Waals surface area contributed by atoms with Crippen molar-refractivity contribution in [3.63, 3.8) is 0 Å². The predicted octanol–water partition coefficient (Wildman–Crippen LogP) is 11.4. The van der Waals surface area contributed by atoms with Gasteiger partial charge in [0.1, 0.15) is 0 Å². The fraction of sp³-hybridized carbons (Fsp3) is 0.0612. The van der Waals surface area contributed by atoms with Crippen LogP contribution in [0.1, 0.15) is 45.0 Å². The molecule has 0 amide bonds. The molecule has 1 aliphatic heterocycles. The van der Waals surface area contributed by atoms with E-state index in [1.54, 1.807) is 0 Å². The van der Waals surface area contributed by atoms with Crippen LogP contribution in [-0.4, -0.2) is 11.9 Å². The first-order valence-corrected chi connectivity index (χ1v) is 17.6. The maximum atomic E-state index is 5.96. The van der Waals surface area contributed by atoms with E-state index >= 15 is 0 Å². The Kier molecular flexibility index (Phi) is 8.66. The highest BCUT2D eigenvalue weighted by molar-refractivity contribution is 5.86. The van der Waals surface area contributed by atoms with Crippen molar-refractivity contribution in [1.82, 2.24) is 4.90 Å². The number of nitrogen functional groups attached to an aromatic ring is 1. The number of hydrogen-bond acceptors (Lipinski definition) is 2. The lowest BCUT2D eigenvalue weighted by Crippen LogP contribution is -2.31. The summed E-state index contributed by atoms with van der Waals surface area (Å²) in [6.07, 6.45) is 4.74. The molecule has 0 fully saturated rings. The van der Waals surface area contributed by atoms with Gasteiger partial charge in [0.25, 0.3) is 0 Å². The summed E-state index contributed by atoms with van der Waals surface area (Å²) in [5.41, 5.74) is 19.5. The number of benzene rings is 7. The minimum atomic E-state index is -0.483. The molecule has 0 spiro atoms. The second kappa shape index (κ2) is 13.9. The molecule has 1 atom stereocenters. The summed E-state index contributed by atoms with van der Waals surface area (Å²) in [6.45, 7) is 0. The van der Waals surface area contributed by atoms with Crippen LogP contribution in [-0.2, 0) is 5.41 Å². The molecule has 0 aliphatic carbocycles. The van der Waals surface area contributed by atoms with Gasteiger partial charge in [-0.25, -0.2) is 0 Å². The highest BCUT2D eigenvalue weighted by Crippen LogP contribution is 2.46. The van der Waals surface area contributed by atoms with Crippen molar-refractivity contribution in [2.75, 3.05) is 12.8 Å². The molecule has 0 bridgehead atoms. The van der Waals surface area contributed by atoms with E-state index in [9.17, 15) is 0 Å². The van der Waals surface area contributed by atoms with Gasteiger partial charge >= 0.3 is 0 Å². The zero-order valence-electron chi connectivity index (χ0n) is 28.7. The zero-order chi connectivity index (χ0) is 34.6. The van der Waals surface area contributed by atoms with E-state index in [2.05, 4.69) is 206 Å². The van der Waals surface area contributed by atoms with Crippen molar-refractivity contribution in [1.29, 1.82) is 0 Å². The van der Waals surface area contributed by atoms with Crippen LogP contribution in [0, 0.1) is 0 Å². The number of rotatable bonds is 8. The van der Waals surface area contributed by atoms with Gasteiger partial charge in [0.05, 0.1) is 11.5 Å². The molecular formula is C49H40N2. The Hall–Kier alpha value is -6.38. The number of likely N-dealkylation sites (N-methyl/N-ethyl adjacent to an activating group) is 1. The maximum absolute atomic E-state index is 5.96. The lowest BCUT2D eigenvalue weighted by Gasteiger charge is -2.37. The van der Waals surface area contributed by atoms with E-state index in [1.165, 1.54) is 55.8 Å². The summed E-state index contributed by atoms with van der Waals surface area (Å²) >= 11 is 0. The van der Waals surface area contributed by atoms with Crippen LogP contribution in [0.25, 0.3) is 22.4 Å². The zero-order valence-corrected chi connectivity index (χ0v) is 28.7. The molecule has 1 unspecified atom stereocenters. The van der Waals surface area contributed by atoms with Gasteiger partial charge in [-0.05, 0) is 79.9 Å². The fourth-order valence-corrected chi connectivity index (χ4v) is 7.65. The van der Waals surface area contributed by atoms with Crippen LogP contribution in [0.3, 0.4) is 0 Å². The van der Waals surface area contributed by atoms with Crippen LogP contribution < -0.4 is 5.73 Å². The number of allylic oxidation sites excluding steroid dienone is 2. The molecule has 1 heterocycles. The van der Waals surface area contributed by atoms with E-state index in [1.807, 2.05) is 12.1 Å². The molecule has 1 aliphatic rings. The number of hydrogen-bond donors (Lipinski definition) is 1. The van der Waals surface area contributed by atoms with E-state index in [0.717, 1.165) is 11.3 Å². The molecule has 0 saturated heterocycles. The monoisotopic (exact) mass is 656 g/mol. The first kappa shape index (κ1) is 31.9. The Balaban J connectivity index is 1.24. The topological polar surface area (TPSA) is 29.3 Å². The van der Waals surface area contributed by atoms with Crippen LogP contribution >= 0.6 is 0 Å². The van der Waals surface area contributed by atoms with Crippen molar-refractivity contribution in [2.24, 2.45) is 0 Å². The summed E-state index contributed by atoms with van der Waals surface area (Å²) < 4.78 is 0. The van der Waals surface area contributed by atoms with Gasteiger partial charge in [0.2, 0.25) is 0 Å². The highest BCUT2D eigenvalue weighted by Gasteiger charge is 2.38. The average Bonchev–Trinajstić information content (AvgIpc) is 3.21. The van der Waals surface area contributed by atoms with E-state index in [-0.39, 0.29) is 6.04 Å². The van der Waals surface area contributed by atoms with Gasteiger partial charge in [0.15, 0.2) is 0 Å². The first-order valence-electron chi connectivity index (χ1n) is 17.6. The number of nitrogens with two attached hydrogens (primary N) is 1. The van der Waals surface area contributed by atoms with Crippen molar-refractivity contribution in [3.05, 3.63) is 245 Å². The van der Waals surface area contributed by atoms with Crippen LogP contribution in [0.5, 0.6) is 0 Å². The smallest absolute Gasteiger partial charge is 0.0732 e. The second-order valence-corrected chi connectivity index (χ2v) is 13.2. The lowest BCUT2D eigenvalue weighted by atomic mass is 9.65. The Morgan fingerprint density at radius 3 is 1.33 bits per heavy atom. The number of nitrogens with zero attached hydrogens (tertiary/aromatic N) is 1. The van der Waals surface area contributed by atoms with Crippen LogP contribution in [0.2, 0.25) is 0 Å². The Labute approximate surface area is 301 Å². The molecule has 0 saturated carbocycles. The molecule has 246 valence electrons. The Bertz CT molecular complexity index is 2180. The second-order valence-electron chi connectivity index (χ2n) is 13.2. The normalized spacial score (nSPS) is 14.5. The van der Waals surface area contributed by atoms with E-state index in [0.29, 0.717) is 0 Å². The van der Waals surface area contributed by atoms with Crippen LogP contribution in [0.4, 0.5) is 5.69 Å². The third-order valence-corrected chi connectivity index (χ3v) is 10.3. The minimum absolute atomic E-state index is 0.0531. The van der Waals surface area contributed by atoms with Gasteiger partial charge in [-0.3, -0.25) is 0 Å². The summed E-state index contributed by atoms with van der Waals surface area (Å²) in [5.74, 6) is 0. The summed E-state index contributed by atoms with van der Waals surface area (Å²) in [5, 5.41) is 0. The molecule has 7 aromatic carbocycles. The SMILES string of the molecule is CN1C(c2ccccc2)=CC(c2ccc(C(c3ccccc3)(c3ccccc3)c3ccccc3)cc2)=CC1c1ccc(-c2ccc(N)cc2)cc1. The largest absolute Gasteiger partial charge is 0.399 e. The van der Waals surface area contributed by atoms with E-state index < -0.39 is 5.41 Å². The molecule has 0 aromatic heterocycles. The number of anilines is 1. The highest BCUT2D eigenvalue weighted by atomic mass is 15.1. The molecule has 7 aromatic rings. The molecule has 51 heavy (non-hydrogen) atoms. The fourth-order valence-electron chi connectivity index (χ4n) is 7.65. The molecule has 8 rings (SSSR count). The van der Waals surface area contributed by atoms with Crippen LogP contribution in [0.15, 0.2) is 206 Å². The first-order chi connectivity index (χ1) is 25.1. The van der Waals surface area contributed by atoms with E-state index in [4.69, 9.17) is 5.73 Å². The van der Waals surface area contributed by atoms with Crippen molar-refractivity contribution < 1.29 is 0 Å². The lowest BCUT2D eigenvalue weighted by molar-refractivity contribution is 0.413. The van der Waals surface area contributed by atoms with Crippen molar-refractivity contribution >= 4 is 17.0 Å². The molecular weight excluding hydrogens is 617 g/mol. The Morgan fingerprint density at radius 2 is 0.843 bits per heavy atom.